The molecule has 26 heavy (non-hydrogen) atoms. The second-order valence-electron chi connectivity index (χ2n) is 6.05. The van der Waals surface area contributed by atoms with Crippen molar-refractivity contribution < 1.29 is 30.0 Å². The fourth-order valence-electron chi connectivity index (χ4n) is 2.52. The molecule has 0 amide bonds. The van der Waals surface area contributed by atoms with Gasteiger partial charge in [-0.1, -0.05) is 6.42 Å². The number of halogens is 1. The first-order valence-electron chi connectivity index (χ1n) is 8.25. The molecule has 0 aliphatic heterocycles. The molecule has 1 aromatic carbocycles. The van der Waals surface area contributed by atoms with Gasteiger partial charge in [0.15, 0.2) is 0 Å². The summed E-state index contributed by atoms with van der Waals surface area (Å²) in [4.78, 5) is 18.8. The SMILES string of the molecule is CC(=O)O.CC(=O)O.Oc1ccc(O)c(SCC2CCCC(CCl)C2)c1. The minimum absolute atomic E-state index is 0.206. The van der Waals surface area contributed by atoms with E-state index in [1.54, 1.807) is 23.9 Å². The Morgan fingerprint density at radius 3 is 2.19 bits per heavy atom. The third-order valence-corrected chi connectivity index (χ3v) is 5.24. The van der Waals surface area contributed by atoms with E-state index in [1.807, 2.05) is 0 Å². The van der Waals surface area contributed by atoms with E-state index in [1.165, 1.54) is 31.7 Å². The molecular weight excluding hydrogens is 380 g/mol. The molecule has 1 aromatic rings. The van der Waals surface area contributed by atoms with Crippen LogP contribution in [0, 0.1) is 11.8 Å². The number of phenols is 2. The second kappa shape index (κ2) is 13.6. The number of aromatic hydroxyl groups is 2. The average Bonchev–Trinajstić information content (AvgIpc) is 2.55. The van der Waals surface area contributed by atoms with Gasteiger partial charge in [0.05, 0.1) is 4.90 Å². The lowest BCUT2D eigenvalue weighted by Gasteiger charge is -2.27. The molecule has 2 atom stereocenters. The largest absolute Gasteiger partial charge is 0.508 e. The number of hydrogen-bond donors (Lipinski definition) is 4. The first kappa shape index (κ1) is 24.4. The van der Waals surface area contributed by atoms with E-state index in [0.717, 1.165) is 30.4 Å². The lowest BCUT2D eigenvalue weighted by Crippen LogP contribution is -2.18. The third kappa shape index (κ3) is 12.7. The number of phenolic OH excluding ortho intramolecular Hbond substituents is 2. The van der Waals surface area contributed by atoms with Gasteiger partial charge in [-0.05, 0) is 49.3 Å². The predicted octanol–water partition coefficient (Wildman–Crippen LogP) is 4.42. The summed E-state index contributed by atoms with van der Waals surface area (Å²) >= 11 is 7.56. The molecule has 8 heteroatoms. The zero-order valence-corrected chi connectivity index (χ0v) is 16.6. The lowest BCUT2D eigenvalue weighted by atomic mass is 9.83. The predicted molar refractivity (Wildman–Crippen MR) is 103 cm³/mol. The van der Waals surface area contributed by atoms with Gasteiger partial charge >= 0.3 is 0 Å². The molecule has 0 saturated heterocycles. The van der Waals surface area contributed by atoms with Gasteiger partial charge in [0, 0.05) is 25.5 Å². The summed E-state index contributed by atoms with van der Waals surface area (Å²) in [6.07, 6.45) is 4.95. The Morgan fingerprint density at radius 2 is 1.65 bits per heavy atom. The maximum atomic E-state index is 9.71. The first-order chi connectivity index (χ1) is 12.1. The van der Waals surface area contributed by atoms with Gasteiger partial charge in [-0.2, -0.15) is 0 Å². The van der Waals surface area contributed by atoms with Crippen LogP contribution in [0.2, 0.25) is 0 Å². The van der Waals surface area contributed by atoms with Crippen molar-refractivity contribution in [3.8, 4) is 11.5 Å². The van der Waals surface area contributed by atoms with Crippen LogP contribution in [0.15, 0.2) is 23.1 Å². The molecule has 1 aliphatic rings. The van der Waals surface area contributed by atoms with Crippen LogP contribution in [0.4, 0.5) is 0 Å². The maximum absolute atomic E-state index is 9.71. The van der Waals surface area contributed by atoms with E-state index in [-0.39, 0.29) is 11.5 Å². The number of aliphatic carboxylic acids is 2. The molecule has 6 nitrogen and oxygen atoms in total. The quantitative estimate of drug-likeness (QED) is 0.332. The van der Waals surface area contributed by atoms with Gasteiger partial charge in [0.2, 0.25) is 0 Å². The van der Waals surface area contributed by atoms with Crippen LogP contribution >= 0.6 is 23.4 Å². The molecule has 1 saturated carbocycles. The van der Waals surface area contributed by atoms with Crippen LogP contribution in [-0.4, -0.2) is 44.0 Å². The van der Waals surface area contributed by atoms with Crippen LogP contribution < -0.4 is 0 Å². The number of carbonyl (C=O) groups is 2. The van der Waals surface area contributed by atoms with E-state index in [4.69, 9.17) is 31.4 Å². The number of hydrogen-bond acceptors (Lipinski definition) is 5. The van der Waals surface area contributed by atoms with Crippen molar-refractivity contribution in [3.63, 3.8) is 0 Å². The molecule has 0 radical (unpaired) electrons. The van der Waals surface area contributed by atoms with E-state index in [0.29, 0.717) is 11.8 Å². The van der Waals surface area contributed by atoms with Crippen molar-refractivity contribution in [2.24, 2.45) is 11.8 Å². The first-order valence-corrected chi connectivity index (χ1v) is 9.77. The number of rotatable bonds is 4. The van der Waals surface area contributed by atoms with Gasteiger partial charge in [0.1, 0.15) is 11.5 Å². The summed E-state index contributed by atoms with van der Waals surface area (Å²) < 4.78 is 0. The van der Waals surface area contributed by atoms with Gasteiger partial charge in [-0.25, -0.2) is 0 Å². The molecular formula is C18H27ClO6S. The summed E-state index contributed by atoms with van der Waals surface area (Å²) in [6, 6.07) is 4.67. The number of benzene rings is 1. The molecule has 2 unspecified atom stereocenters. The van der Waals surface area contributed by atoms with Crippen LogP contribution in [0.3, 0.4) is 0 Å². The summed E-state index contributed by atoms with van der Waals surface area (Å²) in [5, 5.41) is 34.0. The van der Waals surface area contributed by atoms with Crippen molar-refractivity contribution in [1.82, 2.24) is 0 Å². The fourth-order valence-corrected chi connectivity index (χ4v) is 3.94. The zero-order valence-electron chi connectivity index (χ0n) is 15.0. The average molecular weight is 407 g/mol. The molecule has 1 fully saturated rings. The Bertz CT molecular complexity index is 547. The standard InChI is InChI=1S/C14H19ClO2S.2C2H4O2/c15-8-10-2-1-3-11(6-10)9-18-14-7-12(16)4-5-13(14)17;2*1-2(3)4/h4-5,7,10-11,16-17H,1-3,6,8-9H2;2*1H3,(H,3,4). The number of carboxylic acids is 2. The van der Waals surface area contributed by atoms with Gasteiger partial charge in [-0.15, -0.1) is 23.4 Å². The Morgan fingerprint density at radius 1 is 1.12 bits per heavy atom. The summed E-state index contributed by atoms with van der Waals surface area (Å²) in [5.74, 6) is 1.88. The highest BCUT2D eigenvalue weighted by atomic mass is 35.5. The molecule has 148 valence electrons. The summed E-state index contributed by atoms with van der Waals surface area (Å²) in [6.45, 7) is 2.17. The summed E-state index contributed by atoms with van der Waals surface area (Å²) in [7, 11) is 0. The molecule has 0 spiro atoms. The van der Waals surface area contributed by atoms with E-state index >= 15 is 0 Å². The lowest BCUT2D eigenvalue weighted by molar-refractivity contribution is -0.135. The Labute approximate surface area is 163 Å². The van der Waals surface area contributed by atoms with Gasteiger partial charge in [0.25, 0.3) is 11.9 Å². The Balaban J connectivity index is 0.000000662. The van der Waals surface area contributed by atoms with Crippen LogP contribution in [0.1, 0.15) is 39.5 Å². The van der Waals surface area contributed by atoms with Crippen molar-refractivity contribution in [2.75, 3.05) is 11.6 Å². The van der Waals surface area contributed by atoms with Crippen LogP contribution in [-0.2, 0) is 9.59 Å². The minimum atomic E-state index is -0.833. The molecule has 0 heterocycles. The fraction of sp³-hybridized carbons (Fsp3) is 0.556. The smallest absolute Gasteiger partial charge is 0.300 e. The highest BCUT2D eigenvalue weighted by Crippen LogP contribution is 2.37. The molecule has 2 rings (SSSR count). The van der Waals surface area contributed by atoms with Gasteiger partial charge < -0.3 is 20.4 Å². The van der Waals surface area contributed by atoms with Crippen LogP contribution in [0.5, 0.6) is 11.5 Å². The third-order valence-electron chi connectivity index (χ3n) is 3.53. The molecule has 1 aliphatic carbocycles. The second-order valence-corrected chi connectivity index (χ2v) is 7.42. The van der Waals surface area contributed by atoms with Crippen molar-refractivity contribution in [2.45, 2.75) is 44.4 Å². The number of thioether (sulfide) groups is 1. The normalized spacial score (nSPS) is 18.6. The van der Waals surface area contributed by atoms with Crippen molar-refractivity contribution in [1.29, 1.82) is 0 Å². The minimum Gasteiger partial charge on any atom is -0.508 e. The van der Waals surface area contributed by atoms with Crippen molar-refractivity contribution >= 4 is 35.3 Å². The molecule has 0 bridgehead atoms. The monoisotopic (exact) mass is 406 g/mol. The molecule has 0 aromatic heterocycles. The Hall–Kier alpha value is -1.60. The number of alkyl halides is 1. The Kier molecular flexibility index (Phi) is 12.7. The van der Waals surface area contributed by atoms with E-state index < -0.39 is 11.9 Å². The van der Waals surface area contributed by atoms with Gasteiger partial charge in [-0.3, -0.25) is 9.59 Å². The van der Waals surface area contributed by atoms with E-state index in [9.17, 15) is 10.2 Å². The van der Waals surface area contributed by atoms with Crippen LogP contribution in [0.25, 0.3) is 0 Å². The number of carboxylic acid groups (broad SMARTS) is 2. The zero-order chi connectivity index (χ0) is 20.1. The highest BCUT2D eigenvalue weighted by Gasteiger charge is 2.21. The molecule has 4 N–H and O–H groups in total. The maximum Gasteiger partial charge on any atom is 0.300 e. The van der Waals surface area contributed by atoms with E-state index in [2.05, 4.69) is 0 Å². The topological polar surface area (TPSA) is 115 Å². The van der Waals surface area contributed by atoms with Crippen molar-refractivity contribution in [3.05, 3.63) is 18.2 Å². The highest BCUT2D eigenvalue weighted by molar-refractivity contribution is 7.99. The summed E-state index contributed by atoms with van der Waals surface area (Å²) in [5.41, 5.74) is 0.